The summed E-state index contributed by atoms with van der Waals surface area (Å²) in [5, 5.41) is 22.0. The number of nitrogens with zero attached hydrogens (tertiary/aromatic N) is 2. The zero-order valence-corrected chi connectivity index (χ0v) is 17.4. The summed E-state index contributed by atoms with van der Waals surface area (Å²) < 4.78 is 0. The Morgan fingerprint density at radius 3 is 2.26 bits per heavy atom. The van der Waals surface area contributed by atoms with Gasteiger partial charge in [0.1, 0.15) is 12.1 Å². The zero-order chi connectivity index (χ0) is 22.7. The molecule has 2 saturated heterocycles. The predicted molar refractivity (Wildman–Crippen MR) is 111 cm³/mol. The molecule has 31 heavy (non-hydrogen) atoms. The lowest BCUT2D eigenvalue weighted by molar-refractivity contribution is -0.149. The van der Waals surface area contributed by atoms with E-state index in [2.05, 4.69) is 5.32 Å². The molecule has 3 rings (SSSR count). The van der Waals surface area contributed by atoms with E-state index in [0.29, 0.717) is 50.0 Å². The van der Waals surface area contributed by atoms with Gasteiger partial charge in [-0.05, 0) is 56.9 Å². The maximum atomic E-state index is 13.0. The largest absolute Gasteiger partial charge is 0.480 e. The average molecular weight is 432 g/mol. The molecule has 0 aromatic heterocycles. The smallest absolute Gasteiger partial charge is 0.326 e. The van der Waals surface area contributed by atoms with Crippen LogP contribution in [0.4, 0.5) is 5.69 Å². The summed E-state index contributed by atoms with van der Waals surface area (Å²) >= 11 is 0. The van der Waals surface area contributed by atoms with Gasteiger partial charge in [-0.25, -0.2) is 4.79 Å². The highest BCUT2D eigenvalue weighted by Crippen LogP contribution is 2.24. The van der Waals surface area contributed by atoms with Crippen molar-refractivity contribution < 1.29 is 29.4 Å². The number of carbonyl (C=O) groups is 4. The van der Waals surface area contributed by atoms with Crippen LogP contribution in [0.5, 0.6) is 0 Å². The van der Waals surface area contributed by atoms with Crippen molar-refractivity contribution in [1.29, 1.82) is 0 Å². The molecule has 5 N–H and O–H groups in total. The minimum atomic E-state index is -1.17. The van der Waals surface area contributed by atoms with Crippen molar-refractivity contribution in [3.63, 3.8) is 0 Å². The number of carboxylic acids is 2. The van der Waals surface area contributed by atoms with Gasteiger partial charge in [0, 0.05) is 24.3 Å². The van der Waals surface area contributed by atoms with Crippen LogP contribution in [0.25, 0.3) is 0 Å². The molecule has 2 aliphatic heterocycles. The maximum absolute atomic E-state index is 13.0. The van der Waals surface area contributed by atoms with Crippen molar-refractivity contribution in [2.24, 2.45) is 0 Å². The van der Waals surface area contributed by atoms with E-state index in [-0.39, 0.29) is 5.91 Å². The molecule has 2 fully saturated rings. The third-order valence-electron chi connectivity index (χ3n) is 5.99. The van der Waals surface area contributed by atoms with Gasteiger partial charge in [0.15, 0.2) is 0 Å². The highest BCUT2D eigenvalue weighted by molar-refractivity contribution is 5.95. The molecule has 0 aliphatic carbocycles. The second kappa shape index (κ2) is 9.34. The lowest BCUT2D eigenvalue weighted by Gasteiger charge is -2.33. The van der Waals surface area contributed by atoms with Gasteiger partial charge in [0.05, 0.1) is 12.1 Å². The number of carboxylic acid groups (broad SMARTS) is 2. The molecule has 2 amide bonds. The Morgan fingerprint density at radius 2 is 1.65 bits per heavy atom. The third-order valence-corrected chi connectivity index (χ3v) is 5.99. The summed E-state index contributed by atoms with van der Waals surface area (Å²) in [5.74, 6) is -2.98. The zero-order valence-electron chi connectivity index (χ0n) is 17.4. The van der Waals surface area contributed by atoms with E-state index in [4.69, 9.17) is 5.73 Å². The number of aliphatic carboxylic acids is 2. The topological polar surface area (TPSA) is 153 Å². The lowest BCUT2D eigenvalue weighted by atomic mass is 10.0. The van der Waals surface area contributed by atoms with Crippen LogP contribution >= 0.6 is 0 Å². The first kappa shape index (κ1) is 22.5. The minimum absolute atomic E-state index is 0.292. The second-order valence-corrected chi connectivity index (χ2v) is 8.06. The Bertz CT molecular complexity index is 858. The summed E-state index contributed by atoms with van der Waals surface area (Å²) in [7, 11) is 0. The number of amides is 2. The van der Waals surface area contributed by atoms with E-state index in [9.17, 15) is 29.4 Å². The molecule has 0 saturated carbocycles. The number of likely N-dealkylation sites (tertiary alicyclic amines) is 2. The van der Waals surface area contributed by atoms with E-state index < -0.39 is 42.0 Å². The lowest BCUT2D eigenvalue weighted by Crippen LogP contribution is -2.59. The van der Waals surface area contributed by atoms with Crippen LogP contribution in [0.2, 0.25) is 0 Å². The van der Waals surface area contributed by atoms with Crippen LogP contribution in [-0.2, 0) is 14.4 Å². The fourth-order valence-corrected chi connectivity index (χ4v) is 4.41. The number of nitrogen functional groups attached to an aromatic ring is 1. The standard InChI is InChI=1S/C21H28N4O6/c1-12(18(26)25-11-3-5-16(25)20(28)29)23-17(21(30)31)15-4-2-10-24(15)19(27)13-6-8-14(22)9-7-13/h6-9,12,15-17,23H,2-5,10-11,22H2,1H3,(H,28,29)(H,30,31)/t12-,15-,16-,17-/m0/s1. The van der Waals surface area contributed by atoms with Crippen LogP contribution in [-0.4, -0.2) is 81.0 Å². The highest BCUT2D eigenvalue weighted by atomic mass is 16.4. The van der Waals surface area contributed by atoms with Gasteiger partial charge < -0.3 is 25.7 Å². The summed E-state index contributed by atoms with van der Waals surface area (Å²) in [4.78, 5) is 52.0. The molecule has 10 nitrogen and oxygen atoms in total. The Labute approximate surface area is 180 Å². The van der Waals surface area contributed by atoms with E-state index in [1.165, 1.54) is 16.7 Å². The first-order chi connectivity index (χ1) is 14.7. The van der Waals surface area contributed by atoms with Crippen LogP contribution in [0.15, 0.2) is 24.3 Å². The summed E-state index contributed by atoms with van der Waals surface area (Å²) in [6, 6.07) is 2.83. The van der Waals surface area contributed by atoms with Crippen molar-refractivity contribution in [3.8, 4) is 0 Å². The van der Waals surface area contributed by atoms with Gasteiger partial charge in [-0.15, -0.1) is 0 Å². The maximum Gasteiger partial charge on any atom is 0.326 e. The van der Waals surface area contributed by atoms with Gasteiger partial charge in [-0.1, -0.05) is 0 Å². The number of hydrogen-bond donors (Lipinski definition) is 4. The molecule has 1 aromatic rings. The molecule has 0 radical (unpaired) electrons. The van der Waals surface area contributed by atoms with Crippen LogP contribution in [0.1, 0.15) is 43.0 Å². The minimum Gasteiger partial charge on any atom is -0.480 e. The van der Waals surface area contributed by atoms with Gasteiger partial charge in [-0.2, -0.15) is 0 Å². The molecule has 168 valence electrons. The van der Waals surface area contributed by atoms with E-state index in [0.717, 1.165) is 0 Å². The SMILES string of the molecule is C[C@H](N[C@H](C(=O)O)[C@@H]1CCCN1C(=O)c1ccc(N)cc1)C(=O)N1CCC[C@H]1C(=O)O. The van der Waals surface area contributed by atoms with E-state index in [1.807, 2.05) is 0 Å². The molecule has 4 atom stereocenters. The summed E-state index contributed by atoms with van der Waals surface area (Å²) in [6.07, 6.45) is 2.09. The summed E-state index contributed by atoms with van der Waals surface area (Å²) in [6.45, 7) is 2.26. The highest BCUT2D eigenvalue weighted by Gasteiger charge is 2.42. The van der Waals surface area contributed by atoms with Gasteiger partial charge >= 0.3 is 11.9 Å². The van der Waals surface area contributed by atoms with Crippen LogP contribution in [0.3, 0.4) is 0 Å². The first-order valence-corrected chi connectivity index (χ1v) is 10.4. The van der Waals surface area contributed by atoms with Gasteiger partial charge in [0.25, 0.3) is 5.91 Å². The number of anilines is 1. The van der Waals surface area contributed by atoms with Crippen molar-refractivity contribution >= 4 is 29.4 Å². The van der Waals surface area contributed by atoms with Crippen molar-refractivity contribution in [2.45, 2.75) is 56.8 Å². The number of nitrogens with two attached hydrogens (primary N) is 1. The van der Waals surface area contributed by atoms with Crippen LogP contribution < -0.4 is 11.1 Å². The molecular formula is C21H28N4O6. The predicted octanol–water partition coefficient (Wildman–Crippen LogP) is 0.380. The Kier molecular flexibility index (Phi) is 6.79. The van der Waals surface area contributed by atoms with E-state index in [1.54, 1.807) is 24.3 Å². The summed E-state index contributed by atoms with van der Waals surface area (Å²) in [5.41, 5.74) is 6.61. The number of rotatable bonds is 7. The molecule has 10 heteroatoms. The van der Waals surface area contributed by atoms with Gasteiger partial charge in [0.2, 0.25) is 5.91 Å². The molecule has 0 spiro atoms. The fourth-order valence-electron chi connectivity index (χ4n) is 4.41. The molecule has 2 heterocycles. The number of hydrogen-bond acceptors (Lipinski definition) is 6. The average Bonchev–Trinajstić information content (AvgIpc) is 3.40. The van der Waals surface area contributed by atoms with Gasteiger partial charge in [-0.3, -0.25) is 19.7 Å². The number of carbonyl (C=O) groups excluding carboxylic acids is 2. The first-order valence-electron chi connectivity index (χ1n) is 10.4. The second-order valence-electron chi connectivity index (χ2n) is 8.06. The molecule has 0 bridgehead atoms. The van der Waals surface area contributed by atoms with Crippen molar-refractivity contribution in [3.05, 3.63) is 29.8 Å². The molecular weight excluding hydrogens is 404 g/mol. The molecule has 1 aromatic carbocycles. The third kappa shape index (κ3) is 4.79. The normalized spacial score (nSPS) is 22.9. The Hall–Kier alpha value is -3.14. The van der Waals surface area contributed by atoms with E-state index >= 15 is 0 Å². The van der Waals surface area contributed by atoms with Crippen molar-refractivity contribution in [1.82, 2.24) is 15.1 Å². The van der Waals surface area contributed by atoms with Crippen LogP contribution in [0, 0.1) is 0 Å². The fraction of sp³-hybridized carbons (Fsp3) is 0.524. The number of nitrogens with one attached hydrogen (secondary N) is 1. The molecule has 0 unspecified atom stereocenters. The quantitative estimate of drug-likeness (QED) is 0.451. The number of benzene rings is 1. The monoisotopic (exact) mass is 432 g/mol. The molecule has 2 aliphatic rings. The Morgan fingerprint density at radius 1 is 1.03 bits per heavy atom. The van der Waals surface area contributed by atoms with Crippen molar-refractivity contribution in [2.75, 3.05) is 18.8 Å². The Balaban J connectivity index is 1.74.